The van der Waals surface area contributed by atoms with Crippen LogP contribution in [-0.4, -0.2) is 12.1 Å². The molecular formula is C64H68N2. The highest BCUT2D eigenvalue weighted by Crippen LogP contribution is 2.52. The summed E-state index contributed by atoms with van der Waals surface area (Å²) >= 11 is 0. The minimum absolute atomic E-state index is 0.0435. The minimum atomic E-state index is 0.0435. The average Bonchev–Trinajstić information content (AvgIpc) is 3.58. The van der Waals surface area contributed by atoms with Gasteiger partial charge in [-0.25, -0.2) is 0 Å². The summed E-state index contributed by atoms with van der Waals surface area (Å²) in [6, 6.07) is 35.4. The number of hydrogen-bond acceptors (Lipinski definition) is 2. The first-order valence-electron chi connectivity index (χ1n) is 25.0. The number of allylic oxidation sites excluding steroid dienone is 15. The Morgan fingerprint density at radius 2 is 1.32 bits per heavy atom. The molecule has 0 amide bonds. The average molecular weight is 865 g/mol. The van der Waals surface area contributed by atoms with E-state index in [9.17, 15) is 0 Å². The van der Waals surface area contributed by atoms with E-state index in [1.54, 1.807) is 5.57 Å². The van der Waals surface area contributed by atoms with Gasteiger partial charge >= 0.3 is 0 Å². The summed E-state index contributed by atoms with van der Waals surface area (Å²) < 4.78 is 0. The first kappa shape index (κ1) is 43.8. The van der Waals surface area contributed by atoms with E-state index < -0.39 is 0 Å². The van der Waals surface area contributed by atoms with Gasteiger partial charge in [-0.1, -0.05) is 185 Å². The van der Waals surface area contributed by atoms with Crippen LogP contribution in [0.15, 0.2) is 205 Å². The number of anilines is 3. The molecule has 0 radical (unpaired) electrons. The molecule has 0 aromatic heterocycles. The van der Waals surface area contributed by atoms with Crippen LogP contribution in [0.5, 0.6) is 0 Å². The van der Waals surface area contributed by atoms with E-state index in [4.69, 9.17) is 0 Å². The van der Waals surface area contributed by atoms with Gasteiger partial charge in [-0.15, -0.1) is 0 Å². The highest BCUT2D eigenvalue weighted by molar-refractivity contribution is 5.84. The van der Waals surface area contributed by atoms with Crippen LogP contribution in [0, 0.1) is 30.6 Å². The number of benzene rings is 4. The second-order valence-electron chi connectivity index (χ2n) is 20.5. The molecule has 6 aliphatic carbocycles. The van der Waals surface area contributed by atoms with Gasteiger partial charge in [0.05, 0.1) is 12.1 Å². The zero-order valence-electron chi connectivity index (χ0n) is 40.1. The summed E-state index contributed by atoms with van der Waals surface area (Å²) in [4.78, 5) is 5.08. The molecule has 6 atom stereocenters. The molecule has 0 N–H and O–H groups in total. The van der Waals surface area contributed by atoms with Crippen molar-refractivity contribution in [3.05, 3.63) is 227 Å². The van der Waals surface area contributed by atoms with Gasteiger partial charge in [-0.3, -0.25) is 0 Å². The van der Waals surface area contributed by atoms with E-state index in [1.165, 1.54) is 79.3 Å². The number of nitrogens with zero attached hydrogens (tertiary/aromatic N) is 2. The third kappa shape index (κ3) is 8.80. The molecule has 6 unspecified atom stereocenters. The maximum Gasteiger partial charge on any atom is 0.0517 e. The molecule has 2 heteroatoms. The van der Waals surface area contributed by atoms with Gasteiger partial charge in [-0.2, -0.15) is 0 Å². The maximum atomic E-state index is 2.66. The van der Waals surface area contributed by atoms with Crippen molar-refractivity contribution in [2.24, 2.45) is 23.7 Å². The molecule has 10 rings (SSSR count). The monoisotopic (exact) mass is 865 g/mol. The molecule has 4 aromatic carbocycles. The lowest BCUT2D eigenvalue weighted by molar-refractivity contribution is 0.476. The molecule has 0 saturated heterocycles. The Kier molecular flexibility index (Phi) is 12.4. The molecule has 2 nitrogen and oxygen atoms in total. The number of aryl methyl sites for hydroxylation is 1. The summed E-state index contributed by atoms with van der Waals surface area (Å²) in [5.41, 5.74) is 19.0. The number of rotatable bonds is 12. The zero-order chi connectivity index (χ0) is 45.4. The van der Waals surface area contributed by atoms with Gasteiger partial charge < -0.3 is 9.80 Å². The Hall–Kier alpha value is -6.12. The molecule has 6 aliphatic rings. The van der Waals surface area contributed by atoms with Crippen molar-refractivity contribution in [3.63, 3.8) is 0 Å². The first-order valence-corrected chi connectivity index (χ1v) is 25.0. The van der Waals surface area contributed by atoms with Crippen molar-refractivity contribution < 1.29 is 0 Å². The molecule has 0 fully saturated rings. The Morgan fingerprint density at radius 3 is 1.94 bits per heavy atom. The van der Waals surface area contributed by atoms with E-state index in [0.717, 1.165) is 38.5 Å². The Morgan fingerprint density at radius 1 is 0.636 bits per heavy atom. The second kappa shape index (κ2) is 18.6. The van der Waals surface area contributed by atoms with Gasteiger partial charge in [-0.05, 0) is 157 Å². The van der Waals surface area contributed by atoms with Gasteiger partial charge in [0.25, 0.3) is 0 Å². The lowest BCUT2D eigenvalue weighted by Crippen LogP contribution is -2.42. The molecule has 0 aliphatic heterocycles. The molecule has 0 saturated carbocycles. The molecule has 66 heavy (non-hydrogen) atoms. The Balaban J connectivity index is 0.855. The SMILES string of the molecule is CCC(C)Cc1ccc2c(c1)C(C)(C)C1=C2CC(C2=CCC(N(c3ccc(-c4ccc(N(C5=CCC(C6C=CC=CC6)C=C5)c5ccc(C)cc5)cc4)cc3)C3C=CC(C)=CC3)C=C2)C=C1. The lowest BCUT2D eigenvalue weighted by Gasteiger charge is -2.39. The third-order valence-electron chi connectivity index (χ3n) is 15.6. The quantitative estimate of drug-likeness (QED) is 0.140. The summed E-state index contributed by atoms with van der Waals surface area (Å²) in [5.74, 6) is 2.22. The number of hydrogen-bond donors (Lipinski definition) is 0. The van der Waals surface area contributed by atoms with Crippen LogP contribution in [0.1, 0.15) is 95.4 Å². The van der Waals surface area contributed by atoms with E-state index in [0.29, 0.717) is 29.7 Å². The zero-order valence-corrected chi connectivity index (χ0v) is 40.1. The molecule has 4 aromatic rings. The first-order chi connectivity index (χ1) is 32.1. The van der Waals surface area contributed by atoms with E-state index in [-0.39, 0.29) is 11.5 Å². The van der Waals surface area contributed by atoms with Crippen LogP contribution in [0.4, 0.5) is 17.1 Å². The predicted octanol–water partition coefficient (Wildman–Crippen LogP) is 16.6. The van der Waals surface area contributed by atoms with Gasteiger partial charge in [0.15, 0.2) is 0 Å². The van der Waals surface area contributed by atoms with Crippen molar-refractivity contribution in [2.75, 3.05) is 9.80 Å². The molecule has 334 valence electrons. The largest absolute Gasteiger partial charge is 0.358 e. The van der Waals surface area contributed by atoms with Gasteiger partial charge in [0.1, 0.15) is 0 Å². The summed E-state index contributed by atoms with van der Waals surface area (Å²) in [6.07, 6.45) is 43.5. The fraction of sp³-hybridized carbons (Fsp3) is 0.312. The highest BCUT2D eigenvalue weighted by atomic mass is 15.2. The minimum Gasteiger partial charge on any atom is -0.358 e. The second-order valence-corrected chi connectivity index (χ2v) is 20.5. The Labute approximate surface area is 396 Å². The lowest BCUT2D eigenvalue weighted by atomic mass is 9.77. The van der Waals surface area contributed by atoms with Crippen LogP contribution < -0.4 is 9.80 Å². The summed E-state index contributed by atoms with van der Waals surface area (Å²) in [7, 11) is 0. The normalized spacial score (nSPS) is 24.1. The van der Waals surface area contributed by atoms with Crippen molar-refractivity contribution in [1.29, 1.82) is 0 Å². The fourth-order valence-electron chi connectivity index (χ4n) is 11.4. The topological polar surface area (TPSA) is 6.48 Å². The number of fused-ring (bicyclic) bond motifs is 2. The highest BCUT2D eigenvalue weighted by Gasteiger charge is 2.39. The van der Waals surface area contributed by atoms with Crippen molar-refractivity contribution in [1.82, 2.24) is 0 Å². The van der Waals surface area contributed by atoms with Crippen molar-refractivity contribution in [3.8, 4) is 11.1 Å². The predicted molar refractivity (Wildman–Crippen MR) is 283 cm³/mol. The van der Waals surface area contributed by atoms with Gasteiger partial charge in [0, 0.05) is 34.1 Å². The maximum absolute atomic E-state index is 2.66. The molecular weight excluding hydrogens is 797 g/mol. The van der Waals surface area contributed by atoms with E-state index >= 15 is 0 Å². The Bertz CT molecular complexity index is 2750. The van der Waals surface area contributed by atoms with Crippen LogP contribution in [0.3, 0.4) is 0 Å². The van der Waals surface area contributed by atoms with Gasteiger partial charge in [0.2, 0.25) is 0 Å². The van der Waals surface area contributed by atoms with Crippen molar-refractivity contribution >= 4 is 22.6 Å². The van der Waals surface area contributed by atoms with Crippen LogP contribution in [-0.2, 0) is 11.8 Å². The van der Waals surface area contributed by atoms with Crippen LogP contribution in [0.25, 0.3) is 16.7 Å². The van der Waals surface area contributed by atoms with Crippen LogP contribution >= 0.6 is 0 Å². The molecule has 0 spiro atoms. The van der Waals surface area contributed by atoms with E-state index in [1.807, 2.05) is 0 Å². The third-order valence-corrected chi connectivity index (χ3v) is 15.6. The van der Waals surface area contributed by atoms with E-state index in [2.05, 4.69) is 233 Å². The summed E-state index contributed by atoms with van der Waals surface area (Å²) in [6.45, 7) is 13.9. The molecule has 0 heterocycles. The fourth-order valence-corrected chi connectivity index (χ4v) is 11.4. The molecule has 0 bridgehead atoms. The van der Waals surface area contributed by atoms with Crippen molar-refractivity contribution in [2.45, 2.75) is 104 Å². The standard InChI is InChI=1S/C64H68N2/c1-7-44(2)41-47-17-39-60-61-43-53(26-40-62(61)64(5,6)63(60)42-47)52-24-37-59(38-25-52)66(55-29-15-46(4)16-30-55)58-35-22-51(23-36-58)50-20-33-57(34-21-50)65(54-27-13-45(3)14-28-54)56-31-18-49(19-32-56)48-11-9-8-10-12-48/h8-11,13-18,20-29,31-37,39-40,42,44,48-49,53,55,59H,7,12,19,30,38,41,43H2,1-6H3. The summed E-state index contributed by atoms with van der Waals surface area (Å²) in [5, 5.41) is 0. The van der Waals surface area contributed by atoms with Crippen LogP contribution in [0.2, 0.25) is 0 Å². The smallest absolute Gasteiger partial charge is 0.0517 e.